The maximum Gasteiger partial charge on any atom is 0.136 e. The number of rotatable bonds is 3. The Bertz CT molecular complexity index is 648. The highest BCUT2D eigenvalue weighted by Crippen LogP contribution is 2.25. The summed E-state index contributed by atoms with van der Waals surface area (Å²) in [5.74, 6) is 0.640. The number of benzene rings is 2. The number of ether oxygens (including phenoxy) is 1. The molecule has 0 unspecified atom stereocenters. The Kier molecular flexibility index (Phi) is 3.41. The van der Waals surface area contributed by atoms with E-state index in [2.05, 4.69) is 35.2 Å². The van der Waals surface area contributed by atoms with Gasteiger partial charge in [-0.05, 0) is 28.8 Å². The predicted octanol–water partition coefficient (Wildman–Crippen LogP) is 3.08. The highest BCUT2D eigenvalue weighted by molar-refractivity contribution is 5.45. The minimum absolute atomic E-state index is 0.599. The standard InChI is InChI=1S/C17H16N2O/c1-20-17-7-6-13(8-16(17)9-18)10-19-11-14-4-2-3-5-15(14)12-19/h2-8H,10-12H2,1H3. The second-order valence-corrected chi connectivity index (χ2v) is 5.06. The normalized spacial score (nSPS) is 13.8. The average Bonchev–Trinajstić information content (AvgIpc) is 2.89. The van der Waals surface area contributed by atoms with Crippen LogP contribution in [0.25, 0.3) is 0 Å². The number of fused-ring (bicyclic) bond motifs is 1. The fourth-order valence-electron chi connectivity index (χ4n) is 2.71. The number of nitriles is 1. The summed E-state index contributed by atoms with van der Waals surface area (Å²) >= 11 is 0. The Balaban J connectivity index is 1.76. The minimum atomic E-state index is 0.599. The van der Waals surface area contributed by atoms with Crippen molar-refractivity contribution in [3.05, 3.63) is 64.7 Å². The van der Waals surface area contributed by atoms with Crippen molar-refractivity contribution >= 4 is 0 Å². The van der Waals surface area contributed by atoms with Crippen LogP contribution in [0.1, 0.15) is 22.3 Å². The van der Waals surface area contributed by atoms with Gasteiger partial charge in [-0.2, -0.15) is 5.26 Å². The van der Waals surface area contributed by atoms with Crippen molar-refractivity contribution in [1.82, 2.24) is 4.90 Å². The largest absolute Gasteiger partial charge is 0.495 e. The van der Waals surface area contributed by atoms with E-state index in [0.29, 0.717) is 11.3 Å². The summed E-state index contributed by atoms with van der Waals surface area (Å²) in [5, 5.41) is 9.13. The molecule has 0 aromatic heterocycles. The van der Waals surface area contributed by atoms with E-state index in [0.717, 1.165) is 25.2 Å². The summed E-state index contributed by atoms with van der Waals surface area (Å²) in [5.41, 5.74) is 4.56. The summed E-state index contributed by atoms with van der Waals surface area (Å²) < 4.78 is 5.18. The van der Waals surface area contributed by atoms with Crippen molar-refractivity contribution in [2.24, 2.45) is 0 Å². The zero-order valence-corrected chi connectivity index (χ0v) is 11.5. The molecule has 1 heterocycles. The van der Waals surface area contributed by atoms with Crippen LogP contribution in [0.2, 0.25) is 0 Å². The summed E-state index contributed by atoms with van der Waals surface area (Å²) in [6.45, 7) is 2.81. The number of hydrogen-bond acceptors (Lipinski definition) is 3. The highest BCUT2D eigenvalue weighted by atomic mass is 16.5. The molecule has 0 saturated carbocycles. The zero-order chi connectivity index (χ0) is 13.9. The molecule has 0 fully saturated rings. The van der Waals surface area contributed by atoms with Gasteiger partial charge in [-0.25, -0.2) is 0 Å². The number of hydrogen-bond donors (Lipinski definition) is 0. The molecule has 3 nitrogen and oxygen atoms in total. The van der Waals surface area contributed by atoms with Crippen LogP contribution < -0.4 is 4.74 Å². The van der Waals surface area contributed by atoms with Gasteiger partial charge in [0.1, 0.15) is 11.8 Å². The first kappa shape index (κ1) is 12.7. The molecule has 20 heavy (non-hydrogen) atoms. The summed E-state index contributed by atoms with van der Waals surface area (Å²) in [4.78, 5) is 2.38. The Morgan fingerprint density at radius 1 is 1.15 bits per heavy atom. The summed E-state index contributed by atoms with van der Waals surface area (Å²) in [6.07, 6.45) is 0. The first-order valence-corrected chi connectivity index (χ1v) is 6.66. The number of nitrogens with zero attached hydrogens (tertiary/aromatic N) is 2. The van der Waals surface area contributed by atoms with Gasteiger partial charge in [-0.3, -0.25) is 4.90 Å². The second kappa shape index (κ2) is 5.36. The van der Waals surface area contributed by atoms with Gasteiger partial charge in [-0.15, -0.1) is 0 Å². The average molecular weight is 264 g/mol. The Morgan fingerprint density at radius 3 is 2.45 bits per heavy atom. The molecule has 3 rings (SSSR count). The molecule has 0 radical (unpaired) electrons. The fourth-order valence-corrected chi connectivity index (χ4v) is 2.71. The van der Waals surface area contributed by atoms with Crippen LogP contribution in [-0.2, 0) is 19.6 Å². The smallest absolute Gasteiger partial charge is 0.136 e. The molecule has 100 valence electrons. The lowest BCUT2D eigenvalue weighted by atomic mass is 10.1. The van der Waals surface area contributed by atoms with Crippen molar-refractivity contribution in [2.45, 2.75) is 19.6 Å². The van der Waals surface area contributed by atoms with Gasteiger partial charge >= 0.3 is 0 Å². The third-order valence-electron chi connectivity index (χ3n) is 3.70. The molecule has 3 heteroatoms. The fraction of sp³-hybridized carbons (Fsp3) is 0.235. The molecule has 0 aliphatic carbocycles. The van der Waals surface area contributed by atoms with Crippen LogP contribution in [0.3, 0.4) is 0 Å². The molecule has 2 aromatic carbocycles. The molecule has 0 N–H and O–H groups in total. The zero-order valence-electron chi connectivity index (χ0n) is 11.5. The SMILES string of the molecule is COc1ccc(CN2Cc3ccccc3C2)cc1C#N. The van der Waals surface area contributed by atoms with E-state index in [-0.39, 0.29) is 0 Å². The van der Waals surface area contributed by atoms with E-state index < -0.39 is 0 Å². The molecule has 0 bridgehead atoms. The van der Waals surface area contributed by atoms with Crippen molar-refractivity contribution in [1.29, 1.82) is 5.26 Å². The van der Waals surface area contributed by atoms with Gasteiger partial charge in [0.25, 0.3) is 0 Å². The number of methoxy groups -OCH3 is 1. The Hall–Kier alpha value is -2.31. The Morgan fingerprint density at radius 2 is 1.85 bits per heavy atom. The molecule has 2 aromatic rings. The van der Waals surface area contributed by atoms with Crippen molar-refractivity contribution in [3.8, 4) is 11.8 Å². The quantitative estimate of drug-likeness (QED) is 0.854. The molecule has 0 spiro atoms. The molecule has 1 aliphatic rings. The van der Waals surface area contributed by atoms with Crippen LogP contribution in [0.15, 0.2) is 42.5 Å². The highest BCUT2D eigenvalue weighted by Gasteiger charge is 2.18. The van der Waals surface area contributed by atoms with Crippen LogP contribution in [0.5, 0.6) is 5.75 Å². The lowest BCUT2D eigenvalue weighted by molar-refractivity contribution is 0.275. The lowest BCUT2D eigenvalue weighted by Crippen LogP contribution is -2.15. The molecule has 0 atom stereocenters. The first-order chi connectivity index (χ1) is 9.80. The topological polar surface area (TPSA) is 36.3 Å². The van der Waals surface area contributed by atoms with Crippen LogP contribution in [0.4, 0.5) is 0 Å². The third kappa shape index (κ3) is 2.38. The second-order valence-electron chi connectivity index (χ2n) is 5.06. The Labute approximate surface area is 119 Å². The van der Waals surface area contributed by atoms with Gasteiger partial charge in [0, 0.05) is 19.6 Å². The molecular formula is C17H16N2O. The van der Waals surface area contributed by atoms with Crippen molar-refractivity contribution in [2.75, 3.05) is 7.11 Å². The van der Waals surface area contributed by atoms with Gasteiger partial charge in [0.05, 0.1) is 12.7 Å². The van der Waals surface area contributed by atoms with Crippen LogP contribution >= 0.6 is 0 Å². The van der Waals surface area contributed by atoms with Gasteiger partial charge in [0.15, 0.2) is 0 Å². The van der Waals surface area contributed by atoms with Crippen molar-refractivity contribution in [3.63, 3.8) is 0 Å². The maximum absolute atomic E-state index is 9.13. The molecule has 1 aliphatic heterocycles. The van der Waals surface area contributed by atoms with Gasteiger partial charge in [-0.1, -0.05) is 30.3 Å². The van der Waals surface area contributed by atoms with Gasteiger partial charge in [0.2, 0.25) is 0 Å². The maximum atomic E-state index is 9.13. The van der Waals surface area contributed by atoms with E-state index >= 15 is 0 Å². The first-order valence-electron chi connectivity index (χ1n) is 6.66. The van der Waals surface area contributed by atoms with E-state index in [4.69, 9.17) is 10.00 Å². The summed E-state index contributed by atoms with van der Waals surface area (Å²) in [7, 11) is 1.59. The third-order valence-corrected chi connectivity index (χ3v) is 3.70. The van der Waals surface area contributed by atoms with Crippen LogP contribution in [0, 0.1) is 11.3 Å². The monoisotopic (exact) mass is 264 g/mol. The van der Waals surface area contributed by atoms with Gasteiger partial charge < -0.3 is 4.74 Å². The van der Waals surface area contributed by atoms with E-state index in [1.165, 1.54) is 11.1 Å². The molecule has 0 saturated heterocycles. The van der Waals surface area contributed by atoms with E-state index in [9.17, 15) is 0 Å². The van der Waals surface area contributed by atoms with Crippen LogP contribution in [-0.4, -0.2) is 12.0 Å². The minimum Gasteiger partial charge on any atom is -0.495 e. The van der Waals surface area contributed by atoms with E-state index in [1.807, 2.05) is 18.2 Å². The molecular weight excluding hydrogens is 248 g/mol. The predicted molar refractivity (Wildman–Crippen MR) is 77.1 cm³/mol. The van der Waals surface area contributed by atoms with Crippen molar-refractivity contribution < 1.29 is 4.74 Å². The molecule has 0 amide bonds. The van der Waals surface area contributed by atoms with E-state index in [1.54, 1.807) is 7.11 Å². The summed E-state index contributed by atoms with van der Waals surface area (Å²) in [6, 6.07) is 16.5. The lowest BCUT2D eigenvalue weighted by Gasteiger charge is -2.15.